The van der Waals surface area contributed by atoms with Crippen molar-refractivity contribution < 1.29 is 9.53 Å². The van der Waals surface area contributed by atoms with Crippen molar-refractivity contribution in [1.82, 2.24) is 24.7 Å². The molecular weight excluding hydrogens is 426 g/mol. The van der Waals surface area contributed by atoms with Gasteiger partial charge in [0.25, 0.3) is 6.23 Å². The molecule has 0 saturated carbocycles. The van der Waals surface area contributed by atoms with E-state index in [1.807, 2.05) is 26.0 Å². The van der Waals surface area contributed by atoms with Crippen molar-refractivity contribution in [3.05, 3.63) is 52.0 Å². The van der Waals surface area contributed by atoms with Crippen LogP contribution < -0.4 is 4.65 Å². The summed E-state index contributed by atoms with van der Waals surface area (Å²) in [5, 5.41) is 23.6. The zero-order valence-corrected chi connectivity index (χ0v) is 20.0. The minimum atomic E-state index is -0.896. The van der Waals surface area contributed by atoms with E-state index in [-0.39, 0.29) is 12.4 Å². The van der Waals surface area contributed by atoms with Crippen molar-refractivity contribution in [2.24, 2.45) is 0 Å². The number of carbonyl (C=O) groups is 1. The smallest absolute Gasteiger partial charge is 0.361 e. The molecule has 32 heavy (non-hydrogen) atoms. The lowest BCUT2D eigenvalue weighted by atomic mass is 10.1. The Kier molecular flexibility index (Phi) is 8.86. The normalized spacial score (nSPS) is 21.4. The summed E-state index contributed by atoms with van der Waals surface area (Å²) in [6, 6.07) is 3.65. The van der Waals surface area contributed by atoms with Crippen molar-refractivity contribution in [3.8, 4) is 0 Å². The van der Waals surface area contributed by atoms with Crippen LogP contribution in [0.15, 0.2) is 30.5 Å². The summed E-state index contributed by atoms with van der Waals surface area (Å²) in [7, 11) is 0. The Hall–Kier alpha value is -2.20. The monoisotopic (exact) mass is 459 g/mol. The van der Waals surface area contributed by atoms with Crippen LogP contribution in [0, 0.1) is 5.21 Å². The van der Waals surface area contributed by atoms with Crippen molar-refractivity contribution in [3.63, 3.8) is 0 Å². The minimum absolute atomic E-state index is 0.202. The predicted octanol–water partition coefficient (Wildman–Crippen LogP) is 4.46. The zero-order chi connectivity index (χ0) is 23.0. The lowest BCUT2D eigenvalue weighted by molar-refractivity contribution is 0.00476. The van der Waals surface area contributed by atoms with Gasteiger partial charge < -0.3 is 9.94 Å². The van der Waals surface area contributed by atoms with Gasteiger partial charge in [-0.3, -0.25) is 4.65 Å². The molecule has 0 aromatic carbocycles. The highest BCUT2D eigenvalue weighted by Gasteiger charge is 2.46. The molecule has 0 bridgehead atoms. The number of nitrogens with zero attached hydrogens (tertiary/aromatic N) is 5. The van der Waals surface area contributed by atoms with E-state index >= 15 is 0 Å². The van der Waals surface area contributed by atoms with E-state index in [9.17, 15) is 10.0 Å². The average Bonchev–Trinajstić information content (AvgIpc) is 3.40. The highest BCUT2D eigenvalue weighted by atomic mass is 32.1. The fraction of sp³-hybridized carbons (Fsp3) is 0.565. The molecule has 0 radical (unpaired) electrons. The Morgan fingerprint density at radius 3 is 2.97 bits per heavy atom. The number of pyridine rings is 1. The Morgan fingerprint density at radius 2 is 2.22 bits per heavy atom. The predicted molar refractivity (Wildman–Crippen MR) is 127 cm³/mol. The lowest BCUT2D eigenvalue weighted by Crippen LogP contribution is -2.51. The van der Waals surface area contributed by atoms with Crippen LogP contribution in [0.2, 0.25) is 0 Å². The fourth-order valence-electron chi connectivity index (χ4n) is 3.81. The number of quaternary nitrogens is 1. The zero-order valence-electron chi connectivity index (χ0n) is 19.2. The molecule has 2 atom stereocenters. The van der Waals surface area contributed by atoms with E-state index in [1.54, 1.807) is 12.3 Å². The molecule has 2 unspecified atom stereocenters. The number of aryl methyl sites for hydroxylation is 2. The first-order valence-corrected chi connectivity index (χ1v) is 12.2. The van der Waals surface area contributed by atoms with Gasteiger partial charge in [0.1, 0.15) is 11.7 Å². The molecule has 3 heterocycles. The largest absolute Gasteiger partial charge is 0.622 e. The number of aromatic nitrogens is 3. The first-order valence-electron chi connectivity index (χ1n) is 11.4. The van der Waals surface area contributed by atoms with Gasteiger partial charge in [-0.1, -0.05) is 50.0 Å². The Bertz CT molecular complexity index is 919. The lowest BCUT2D eigenvalue weighted by Gasteiger charge is -2.38. The van der Waals surface area contributed by atoms with E-state index in [1.165, 1.54) is 11.3 Å². The number of rotatable bonds is 11. The molecule has 2 aromatic heterocycles. The van der Waals surface area contributed by atoms with Gasteiger partial charge in [0, 0.05) is 19.2 Å². The first kappa shape index (κ1) is 24.4. The second-order valence-electron chi connectivity index (χ2n) is 8.03. The van der Waals surface area contributed by atoms with Crippen LogP contribution in [0.1, 0.15) is 67.5 Å². The number of hydrogen-bond acceptors (Lipinski definition) is 8. The molecule has 2 aromatic rings. The van der Waals surface area contributed by atoms with E-state index in [0.29, 0.717) is 18.1 Å². The number of hydroxylamine groups is 2. The number of unbranched alkanes of at least 4 members (excludes halogenated alkanes) is 2. The van der Waals surface area contributed by atoms with E-state index in [2.05, 4.69) is 33.1 Å². The van der Waals surface area contributed by atoms with Gasteiger partial charge in [0.2, 0.25) is 0 Å². The third-order valence-electron chi connectivity index (χ3n) is 5.62. The van der Waals surface area contributed by atoms with Crippen LogP contribution >= 0.6 is 11.3 Å². The van der Waals surface area contributed by atoms with Gasteiger partial charge >= 0.3 is 11.1 Å². The van der Waals surface area contributed by atoms with E-state index < -0.39 is 16.8 Å². The summed E-state index contributed by atoms with van der Waals surface area (Å²) in [4.78, 5) is 19.2. The standard InChI is InChI=1S/C23H33N5O3S/c1-4-7-9-13-19-25-26-23(32-19)28(30)17-27(15-10-8-5-2)16-20(28)31-22(29)21-18(6-3)12-11-14-24-21/h4,7,11-12,14,20H,5-6,8-10,13,15-17H2,1-3H3. The summed E-state index contributed by atoms with van der Waals surface area (Å²) in [5.74, 6) is -0.556. The number of esters is 1. The molecule has 0 aliphatic carbocycles. The SMILES string of the molecule is CC=CCCc1nnc([N+]2([O-])CN(CCCCC)CC2OC(=O)c2ncccc2CC)s1. The molecule has 174 valence electrons. The van der Waals surface area contributed by atoms with Crippen LogP contribution in [0.3, 0.4) is 0 Å². The molecule has 1 fully saturated rings. The summed E-state index contributed by atoms with van der Waals surface area (Å²) in [6.45, 7) is 7.46. The molecule has 1 aliphatic heterocycles. The summed E-state index contributed by atoms with van der Waals surface area (Å²) >= 11 is 1.31. The maximum Gasteiger partial charge on any atom is 0.361 e. The Morgan fingerprint density at radius 1 is 1.38 bits per heavy atom. The molecule has 9 heteroatoms. The van der Waals surface area contributed by atoms with Crippen molar-refractivity contribution >= 4 is 22.4 Å². The number of allylic oxidation sites excluding steroid dienone is 2. The number of carbonyl (C=O) groups excluding carboxylic acids is 1. The highest BCUT2D eigenvalue weighted by Crippen LogP contribution is 2.35. The second-order valence-corrected chi connectivity index (χ2v) is 9.07. The summed E-state index contributed by atoms with van der Waals surface area (Å²) in [6.07, 6.45) is 10.2. The van der Waals surface area contributed by atoms with E-state index in [4.69, 9.17) is 4.74 Å². The Labute approximate surface area is 194 Å². The molecule has 3 rings (SSSR count). The van der Waals surface area contributed by atoms with Crippen LogP contribution in [0.4, 0.5) is 5.13 Å². The summed E-state index contributed by atoms with van der Waals surface area (Å²) in [5.41, 5.74) is 1.08. The molecule has 8 nitrogen and oxygen atoms in total. The topological polar surface area (TPSA) is 91.3 Å². The molecular formula is C23H33N5O3S. The number of hydrogen-bond donors (Lipinski definition) is 0. The Balaban J connectivity index is 1.81. The molecule has 1 saturated heterocycles. The van der Waals surface area contributed by atoms with Gasteiger partial charge in [-0.15, -0.1) is 5.10 Å². The quantitative estimate of drug-likeness (QED) is 0.161. The third kappa shape index (κ3) is 5.78. The van der Waals surface area contributed by atoms with Crippen molar-refractivity contribution in [2.45, 2.75) is 65.5 Å². The van der Waals surface area contributed by atoms with Gasteiger partial charge in [0.05, 0.1) is 6.54 Å². The molecule has 0 N–H and O–H groups in total. The highest BCUT2D eigenvalue weighted by molar-refractivity contribution is 7.15. The first-order chi connectivity index (χ1) is 15.5. The van der Waals surface area contributed by atoms with Crippen LogP contribution in [0.5, 0.6) is 0 Å². The van der Waals surface area contributed by atoms with Gasteiger partial charge in [0.15, 0.2) is 5.69 Å². The average molecular weight is 460 g/mol. The summed E-state index contributed by atoms with van der Waals surface area (Å²) < 4.78 is 4.99. The molecule has 0 spiro atoms. The van der Waals surface area contributed by atoms with Gasteiger partial charge in [-0.25, -0.2) is 14.7 Å². The maximum atomic E-state index is 14.0. The third-order valence-corrected chi connectivity index (χ3v) is 6.71. The van der Waals surface area contributed by atoms with Gasteiger partial charge in [-0.05, 0) is 49.2 Å². The molecule has 0 amide bonds. The van der Waals surface area contributed by atoms with Crippen LogP contribution in [0.25, 0.3) is 0 Å². The fourth-order valence-corrected chi connectivity index (χ4v) is 4.74. The molecule has 1 aliphatic rings. The number of ether oxygens (including phenoxy) is 1. The van der Waals surface area contributed by atoms with Crippen molar-refractivity contribution in [2.75, 3.05) is 19.8 Å². The van der Waals surface area contributed by atoms with Gasteiger partial charge in [-0.2, -0.15) is 0 Å². The minimum Gasteiger partial charge on any atom is -0.622 e. The maximum absolute atomic E-state index is 14.0. The van der Waals surface area contributed by atoms with E-state index in [0.717, 1.165) is 49.2 Å². The van der Waals surface area contributed by atoms with Crippen LogP contribution in [-0.2, 0) is 17.6 Å². The van der Waals surface area contributed by atoms with Crippen LogP contribution in [-0.4, -0.2) is 52.0 Å². The second kappa shape index (κ2) is 11.6. The van der Waals surface area contributed by atoms with Crippen molar-refractivity contribution in [1.29, 1.82) is 0 Å².